The molecule has 0 bridgehead atoms. The van der Waals surface area contributed by atoms with Gasteiger partial charge in [0.2, 0.25) is 5.88 Å². The van der Waals surface area contributed by atoms with E-state index in [1.807, 2.05) is 0 Å². The average Bonchev–Trinajstić information content (AvgIpc) is 2.61. The van der Waals surface area contributed by atoms with Gasteiger partial charge in [0.1, 0.15) is 0 Å². The Morgan fingerprint density at radius 3 is 2.88 bits per heavy atom. The molecule has 1 atom stereocenters. The molecule has 134 valence electrons. The Kier molecular flexibility index (Phi) is 5.53. The van der Waals surface area contributed by atoms with Crippen LogP contribution in [0.15, 0.2) is 42.9 Å². The first-order valence-electron chi connectivity index (χ1n) is 8.28. The fraction of sp³-hybridized carbons (Fsp3) is 0.444. The van der Waals surface area contributed by atoms with Crippen LogP contribution in [-0.4, -0.2) is 34.6 Å². The van der Waals surface area contributed by atoms with E-state index in [2.05, 4.69) is 14.9 Å². The third-order valence-corrected chi connectivity index (χ3v) is 4.27. The molecule has 1 aromatic carbocycles. The minimum Gasteiger partial charge on any atom is -0.476 e. The number of benzene rings is 1. The second-order valence-electron chi connectivity index (χ2n) is 6.30. The molecule has 1 aromatic heterocycles. The van der Waals surface area contributed by atoms with Crippen molar-refractivity contribution in [2.24, 2.45) is 5.92 Å². The van der Waals surface area contributed by atoms with Gasteiger partial charge in [0, 0.05) is 31.4 Å². The van der Waals surface area contributed by atoms with Gasteiger partial charge < -0.3 is 4.74 Å². The van der Waals surface area contributed by atoms with Crippen LogP contribution in [0.1, 0.15) is 24.0 Å². The summed E-state index contributed by atoms with van der Waals surface area (Å²) in [6.07, 6.45) is 2.49. The molecule has 0 N–H and O–H groups in total. The van der Waals surface area contributed by atoms with Gasteiger partial charge in [0.25, 0.3) is 0 Å². The van der Waals surface area contributed by atoms with Gasteiger partial charge in [-0.25, -0.2) is 4.98 Å². The summed E-state index contributed by atoms with van der Waals surface area (Å²) >= 11 is 0. The molecule has 4 nitrogen and oxygen atoms in total. The molecular weight excluding hydrogens is 331 g/mol. The third-order valence-electron chi connectivity index (χ3n) is 4.27. The minimum atomic E-state index is -4.30. The highest BCUT2D eigenvalue weighted by molar-refractivity contribution is 5.25. The Balaban J connectivity index is 1.55. The lowest BCUT2D eigenvalue weighted by Gasteiger charge is -2.32. The fourth-order valence-electron chi connectivity index (χ4n) is 3.10. The van der Waals surface area contributed by atoms with Crippen LogP contribution in [0, 0.1) is 5.92 Å². The Morgan fingerprint density at radius 2 is 2.12 bits per heavy atom. The van der Waals surface area contributed by atoms with Crippen LogP contribution >= 0.6 is 0 Å². The summed E-state index contributed by atoms with van der Waals surface area (Å²) in [6, 6.07) is 5.56. The molecule has 0 spiro atoms. The maximum atomic E-state index is 12.8. The van der Waals surface area contributed by atoms with Crippen molar-refractivity contribution in [1.82, 2.24) is 14.9 Å². The third kappa shape index (κ3) is 5.16. The zero-order valence-corrected chi connectivity index (χ0v) is 13.7. The number of hydrogen-bond acceptors (Lipinski definition) is 4. The monoisotopic (exact) mass is 351 g/mol. The van der Waals surface area contributed by atoms with E-state index in [1.54, 1.807) is 24.7 Å². The number of aromatic nitrogens is 2. The van der Waals surface area contributed by atoms with Gasteiger partial charge in [0.05, 0.1) is 18.4 Å². The van der Waals surface area contributed by atoms with Gasteiger partial charge in [-0.1, -0.05) is 18.2 Å². The summed E-state index contributed by atoms with van der Waals surface area (Å²) < 4.78 is 44.1. The number of halogens is 3. The van der Waals surface area contributed by atoms with E-state index < -0.39 is 11.7 Å². The van der Waals surface area contributed by atoms with Crippen molar-refractivity contribution >= 4 is 0 Å². The highest BCUT2D eigenvalue weighted by Crippen LogP contribution is 2.30. The van der Waals surface area contributed by atoms with E-state index in [1.165, 1.54) is 12.1 Å². The number of ether oxygens (including phenoxy) is 1. The van der Waals surface area contributed by atoms with E-state index >= 15 is 0 Å². The second-order valence-corrected chi connectivity index (χ2v) is 6.30. The molecule has 3 rings (SSSR count). The molecule has 25 heavy (non-hydrogen) atoms. The van der Waals surface area contributed by atoms with E-state index in [0.29, 0.717) is 30.5 Å². The summed E-state index contributed by atoms with van der Waals surface area (Å²) in [7, 11) is 0. The van der Waals surface area contributed by atoms with E-state index in [9.17, 15) is 13.2 Å². The average molecular weight is 351 g/mol. The Bertz CT molecular complexity index is 679. The van der Waals surface area contributed by atoms with Crippen molar-refractivity contribution in [2.75, 3.05) is 19.7 Å². The number of hydrogen-bond donors (Lipinski definition) is 0. The number of alkyl halides is 3. The van der Waals surface area contributed by atoms with Crippen molar-refractivity contribution in [2.45, 2.75) is 25.6 Å². The quantitative estimate of drug-likeness (QED) is 0.822. The lowest BCUT2D eigenvalue weighted by molar-refractivity contribution is -0.137. The van der Waals surface area contributed by atoms with Gasteiger partial charge in [-0.05, 0) is 31.0 Å². The van der Waals surface area contributed by atoms with Gasteiger partial charge in [-0.15, -0.1) is 0 Å². The van der Waals surface area contributed by atoms with Crippen molar-refractivity contribution in [1.29, 1.82) is 0 Å². The van der Waals surface area contributed by atoms with Crippen LogP contribution in [0.25, 0.3) is 0 Å². The molecule has 0 radical (unpaired) electrons. The molecular formula is C18H20F3N3O. The molecule has 1 aliphatic rings. The maximum absolute atomic E-state index is 12.8. The molecule has 2 aromatic rings. The normalized spacial score (nSPS) is 18.9. The molecule has 1 saturated heterocycles. The lowest BCUT2D eigenvalue weighted by atomic mass is 9.98. The summed E-state index contributed by atoms with van der Waals surface area (Å²) in [5.74, 6) is 0.832. The van der Waals surface area contributed by atoms with Crippen molar-refractivity contribution in [3.63, 3.8) is 0 Å². The predicted octanol–water partition coefficient (Wildman–Crippen LogP) is 3.79. The van der Waals surface area contributed by atoms with Gasteiger partial charge >= 0.3 is 6.18 Å². The van der Waals surface area contributed by atoms with Crippen LogP contribution in [0.2, 0.25) is 0 Å². The largest absolute Gasteiger partial charge is 0.476 e. The summed E-state index contributed by atoms with van der Waals surface area (Å²) in [4.78, 5) is 10.2. The Hall–Kier alpha value is -2.15. The molecule has 0 saturated carbocycles. The first-order chi connectivity index (χ1) is 12.0. The van der Waals surface area contributed by atoms with Crippen LogP contribution in [0.3, 0.4) is 0 Å². The standard InChI is InChI=1S/C18H20F3N3O/c19-18(20,21)16-5-1-3-14(9-16)11-24-8-2-4-15(12-24)13-25-17-10-22-6-7-23-17/h1,3,5-7,9-10,15H,2,4,8,11-13H2. The predicted molar refractivity (Wildman–Crippen MR) is 87.0 cm³/mol. The molecule has 1 unspecified atom stereocenters. The first kappa shape index (κ1) is 17.7. The molecule has 0 amide bonds. The highest BCUT2D eigenvalue weighted by atomic mass is 19.4. The summed E-state index contributed by atoms with van der Waals surface area (Å²) in [6.45, 7) is 2.75. The van der Waals surface area contributed by atoms with Crippen molar-refractivity contribution in [3.8, 4) is 5.88 Å². The van der Waals surface area contributed by atoms with Crippen molar-refractivity contribution < 1.29 is 17.9 Å². The number of nitrogens with zero attached hydrogens (tertiary/aromatic N) is 3. The summed E-state index contributed by atoms with van der Waals surface area (Å²) in [5, 5.41) is 0. The topological polar surface area (TPSA) is 38.2 Å². The smallest absolute Gasteiger partial charge is 0.416 e. The molecule has 7 heteroatoms. The Morgan fingerprint density at radius 1 is 1.24 bits per heavy atom. The second kappa shape index (κ2) is 7.82. The van der Waals surface area contributed by atoms with Gasteiger partial charge in [0.15, 0.2) is 0 Å². The van der Waals surface area contributed by atoms with E-state index in [0.717, 1.165) is 32.0 Å². The number of piperidine rings is 1. The zero-order chi connectivity index (χ0) is 17.7. The van der Waals surface area contributed by atoms with Crippen LogP contribution in [-0.2, 0) is 12.7 Å². The number of rotatable bonds is 5. The summed E-state index contributed by atoms with van der Waals surface area (Å²) in [5.41, 5.74) is 0.0925. The molecule has 0 aliphatic carbocycles. The van der Waals surface area contributed by atoms with E-state index in [-0.39, 0.29) is 0 Å². The fourth-order valence-corrected chi connectivity index (χ4v) is 3.10. The van der Waals surface area contributed by atoms with Gasteiger partial charge in [-0.2, -0.15) is 13.2 Å². The first-order valence-corrected chi connectivity index (χ1v) is 8.28. The lowest BCUT2D eigenvalue weighted by Crippen LogP contribution is -2.37. The minimum absolute atomic E-state index is 0.335. The van der Waals surface area contributed by atoms with Crippen LogP contribution in [0.4, 0.5) is 13.2 Å². The van der Waals surface area contributed by atoms with Gasteiger partial charge in [-0.3, -0.25) is 9.88 Å². The van der Waals surface area contributed by atoms with Crippen LogP contribution in [0.5, 0.6) is 5.88 Å². The highest BCUT2D eigenvalue weighted by Gasteiger charge is 2.30. The zero-order valence-electron chi connectivity index (χ0n) is 13.7. The molecule has 1 fully saturated rings. The number of likely N-dealkylation sites (tertiary alicyclic amines) is 1. The Labute approximate surface area is 144 Å². The SMILES string of the molecule is FC(F)(F)c1cccc(CN2CCCC(COc3cnccn3)C2)c1. The van der Waals surface area contributed by atoms with E-state index in [4.69, 9.17) is 4.74 Å². The maximum Gasteiger partial charge on any atom is 0.416 e. The van der Waals surface area contributed by atoms with Crippen molar-refractivity contribution in [3.05, 3.63) is 54.0 Å². The molecule has 1 aliphatic heterocycles. The van der Waals surface area contributed by atoms with Crippen LogP contribution < -0.4 is 4.74 Å². The molecule has 2 heterocycles.